The van der Waals surface area contributed by atoms with Gasteiger partial charge in [0, 0.05) is 19.3 Å². The summed E-state index contributed by atoms with van der Waals surface area (Å²) in [5, 5.41) is -0.0608. The maximum Gasteiger partial charge on any atom is 0.391 e. The molecule has 0 saturated carbocycles. The molecular formula is C11H11Cl2F3N2O2S. The van der Waals surface area contributed by atoms with Crippen LogP contribution in [0.2, 0.25) is 10.2 Å². The van der Waals surface area contributed by atoms with Gasteiger partial charge in [0.25, 0.3) is 0 Å². The number of hydrogen-bond acceptors (Lipinski definition) is 3. The predicted octanol–water partition coefficient (Wildman–Crippen LogP) is 3.35. The van der Waals surface area contributed by atoms with Crippen molar-refractivity contribution in [2.75, 3.05) is 13.1 Å². The van der Waals surface area contributed by atoms with E-state index in [1.807, 2.05) is 0 Å². The summed E-state index contributed by atoms with van der Waals surface area (Å²) in [7, 11) is -3.91. The number of aromatic nitrogens is 1. The Morgan fingerprint density at radius 3 is 2.29 bits per heavy atom. The Bertz CT molecular complexity index is 629. The molecule has 0 N–H and O–H groups in total. The molecule has 1 saturated heterocycles. The molecule has 0 bridgehead atoms. The molecule has 0 aliphatic carbocycles. The minimum Gasteiger partial charge on any atom is -0.242 e. The van der Waals surface area contributed by atoms with Crippen molar-refractivity contribution in [3.8, 4) is 0 Å². The third-order valence-corrected chi connectivity index (χ3v) is 5.88. The summed E-state index contributed by atoms with van der Waals surface area (Å²) < 4.78 is 63.4. The van der Waals surface area contributed by atoms with Gasteiger partial charge in [-0.2, -0.15) is 17.5 Å². The van der Waals surface area contributed by atoms with Crippen LogP contribution in [0.3, 0.4) is 0 Å². The summed E-state index contributed by atoms with van der Waals surface area (Å²) >= 11 is 11.3. The van der Waals surface area contributed by atoms with E-state index in [1.54, 1.807) is 0 Å². The lowest BCUT2D eigenvalue weighted by molar-refractivity contribution is -0.182. The molecule has 0 spiro atoms. The molecule has 1 aromatic heterocycles. The molecule has 1 aliphatic rings. The zero-order chi connectivity index (χ0) is 15.8. The molecular weight excluding hydrogens is 352 g/mol. The fraction of sp³-hybridized carbons (Fsp3) is 0.545. The molecule has 0 aromatic carbocycles. The third kappa shape index (κ3) is 3.61. The Morgan fingerprint density at radius 2 is 1.81 bits per heavy atom. The molecule has 1 aromatic rings. The van der Waals surface area contributed by atoms with Gasteiger partial charge in [0.05, 0.1) is 10.9 Å². The van der Waals surface area contributed by atoms with Crippen LogP contribution in [0.1, 0.15) is 12.8 Å². The molecule has 1 fully saturated rings. The van der Waals surface area contributed by atoms with E-state index in [4.69, 9.17) is 23.2 Å². The maximum atomic E-state index is 12.6. The maximum absolute atomic E-state index is 12.6. The van der Waals surface area contributed by atoms with Crippen molar-refractivity contribution in [3.05, 3.63) is 22.4 Å². The van der Waals surface area contributed by atoms with Crippen molar-refractivity contribution < 1.29 is 21.6 Å². The van der Waals surface area contributed by atoms with Gasteiger partial charge in [0.2, 0.25) is 10.0 Å². The summed E-state index contributed by atoms with van der Waals surface area (Å²) in [5.74, 6) is -1.46. The number of rotatable bonds is 2. The SMILES string of the molecule is O=S(=O)(c1cnc(Cl)c(Cl)c1)N1CCC(C(F)(F)F)CC1. The quantitative estimate of drug-likeness (QED) is 0.758. The van der Waals surface area contributed by atoms with Crippen LogP contribution in [0.25, 0.3) is 0 Å². The van der Waals surface area contributed by atoms with E-state index in [2.05, 4.69) is 4.98 Å². The summed E-state index contributed by atoms with van der Waals surface area (Å²) in [6, 6.07) is 1.14. The van der Waals surface area contributed by atoms with Gasteiger partial charge in [0.15, 0.2) is 0 Å². The van der Waals surface area contributed by atoms with Gasteiger partial charge in [-0.25, -0.2) is 13.4 Å². The number of sulfonamides is 1. The van der Waals surface area contributed by atoms with E-state index < -0.39 is 22.1 Å². The smallest absolute Gasteiger partial charge is 0.242 e. The van der Waals surface area contributed by atoms with Crippen LogP contribution in [0.15, 0.2) is 17.2 Å². The van der Waals surface area contributed by atoms with Crippen molar-refractivity contribution in [2.45, 2.75) is 23.9 Å². The van der Waals surface area contributed by atoms with Crippen molar-refractivity contribution in [1.29, 1.82) is 0 Å². The fourth-order valence-electron chi connectivity index (χ4n) is 2.12. The topological polar surface area (TPSA) is 50.3 Å². The Labute approximate surface area is 129 Å². The number of piperidine rings is 1. The normalized spacial score (nSPS) is 18.9. The Hall–Kier alpha value is -0.570. The fourth-order valence-corrected chi connectivity index (χ4v) is 3.89. The van der Waals surface area contributed by atoms with E-state index in [1.165, 1.54) is 0 Å². The second-order valence-electron chi connectivity index (χ2n) is 4.66. The standard InChI is InChI=1S/C11H11Cl2F3N2O2S/c12-9-5-8(6-17-10(9)13)21(19,20)18-3-1-7(2-4-18)11(14,15)16/h5-7H,1-4H2. The number of halogens is 5. The van der Waals surface area contributed by atoms with Crippen LogP contribution in [0, 0.1) is 5.92 Å². The molecule has 2 rings (SSSR count). The summed E-state index contributed by atoms with van der Waals surface area (Å²) in [6.07, 6.45) is -3.75. The molecule has 10 heteroatoms. The minimum atomic E-state index is -4.29. The van der Waals surface area contributed by atoms with Crippen LogP contribution in [0.4, 0.5) is 13.2 Å². The van der Waals surface area contributed by atoms with E-state index >= 15 is 0 Å². The first-order valence-electron chi connectivity index (χ1n) is 6.00. The van der Waals surface area contributed by atoms with Gasteiger partial charge >= 0.3 is 6.18 Å². The third-order valence-electron chi connectivity index (χ3n) is 3.33. The first kappa shape index (κ1) is 16.8. The molecule has 0 amide bonds. The van der Waals surface area contributed by atoms with Crippen molar-refractivity contribution in [3.63, 3.8) is 0 Å². The molecule has 1 aliphatic heterocycles. The number of hydrogen-bond donors (Lipinski definition) is 0. The van der Waals surface area contributed by atoms with E-state index in [9.17, 15) is 21.6 Å². The number of nitrogens with zero attached hydrogens (tertiary/aromatic N) is 2. The van der Waals surface area contributed by atoms with Crippen molar-refractivity contribution >= 4 is 33.2 Å². The molecule has 0 radical (unpaired) electrons. The molecule has 21 heavy (non-hydrogen) atoms. The van der Waals surface area contributed by atoms with E-state index in [0.29, 0.717) is 0 Å². The van der Waals surface area contributed by atoms with Gasteiger partial charge in [-0.05, 0) is 18.9 Å². The summed E-state index contributed by atoms with van der Waals surface area (Å²) in [5.41, 5.74) is 0. The molecule has 118 valence electrons. The van der Waals surface area contributed by atoms with Crippen molar-refractivity contribution in [1.82, 2.24) is 9.29 Å². The van der Waals surface area contributed by atoms with Crippen LogP contribution in [-0.2, 0) is 10.0 Å². The van der Waals surface area contributed by atoms with Gasteiger partial charge in [-0.15, -0.1) is 0 Å². The van der Waals surface area contributed by atoms with Crippen LogP contribution >= 0.6 is 23.2 Å². The Kier molecular flexibility index (Phi) is 4.72. The van der Waals surface area contributed by atoms with Crippen LogP contribution in [0.5, 0.6) is 0 Å². The highest BCUT2D eigenvalue weighted by atomic mass is 35.5. The molecule has 2 heterocycles. The number of alkyl halides is 3. The van der Waals surface area contributed by atoms with Crippen LogP contribution in [-0.4, -0.2) is 37.0 Å². The zero-order valence-corrected chi connectivity index (χ0v) is 12.9. The predicted molar refractivity (Wildman–Crippen MR) is 71.8 cm³/mol. The first-order chi connectivity index (χ1) is 9.62. The molecule has 4 nitrogen and oxygen atoms in total. The lowest BCUT2D eigenvalue weighted by Gasteiger charge is -2.32. The Morgan fingerprint density at radius 1 is 1.24 bits per heavy atom. The Balaban J connectivity index is 2.17. The van der Waals surface area contributed by atoms with E-state index in [-0.39, 0.29) is 41.0 Å². The van der Waals surface area contributed by atoms with Gasteiger partial charge < -0.3 is 0 Å². The molecule has 0 atom stereocenters. The van der Waals surface area contributed by atoms with Gasteiger partial charge in [-0.3, -0.25) is 0 Å². The van der Waals surface area contributed by atoms with Crippen molar-refractivity contribution in [2.24, 2.45) is 5.92 Å². The van der Waals surface area contributed by atoms with Crippen LogP contribution < -0.4 is 0 Å². The largest absolute Gasteiger partial charge is 0.391 e. The second kappa shape index (κ2) is 5.91. The summed E-state index contributed by atoms with van der Waals surface area (Å²) in [6.45, 7) is -0.375. The first-order valence-corrected chi connectivity index (χ1v) is 8.20. The molecule has 0 unspecified atom stereocenters. The highest BCUT2D eigenvalue weighted by Crippen LogP contribution is 2.35. The lowest BCUT2D eigenvalue weighted by Crippen LogP contribution is -2.42. The average Bonchev–Trinajstić information content (AvgIpc) is 2.41. The second-order valence-corrected chi connectivity index (χ2v) is 7.37. The average molecular weight is 363 g/mol. The highest BCUT2D eigenvalue weighted by molar-refractivity contribution is 7.89. The number of pyridine rings is 1. The minimum absolute atomic E-state index is 0.0251. The highest BCUT2D eigenvalue weighted by Gasteiger charge is 2.43. The van der Waals surface area contributed by atoms with E-state index in [0.717, 1.165) is 16.6 Å². The zero-order valence-electron chi connectivity index (χ0n) is 10.6. The van der Waals surface area contributed by atoms with Gasteiger partial charge in [-0.1, -0.05) is 23.2 Å². The lowest BCUT2D eigenvalue weighted by atomic mass is 9.98. The summed E-state index contributed by atoms with van der Waals surface area (Å²) in [4.78, 5) is 3.46. The monoisotopic (exact) mass is 362 g/mol. The van der Waals surface area contributed by atoms with Gasteiger partial charge in [0.1, 0.15) is 10.0 Å².